The number of carbonyl (C=O) groups excluding carboxylic acids is 3. The van der Waals surface area contributed by atoms with Crippen LogP contribution < -0.4 is 10.6 Å². The van der Waals surface area contributed by atoms with E-state index in [0.717, 1.165) is 11.0 Å². The monoisotopic (exact) mass is 256 g/mol. The molecule has 5 nitrogen and oxygen atoms in total. The number of benzene rings is 1. The molecule has 2 amide bonds. The van der Waals surface area contributed by atoms with Crippen molar-refractivity contribution in [2.45, 2.75) is 6.92 Å². The second kappa shape index (κ2) is 4.89. The molecular formula is C14H12N2O3. The summed E-state index contributed by atoms with van der Waals surface area (Å²) in [5, 5.41) is 0. The van der Waals surface area contributed by atoms with E-state index < -0.39 is 6.03 Å². The van der Waals surface area contributed by atoms with Crippen molar-refractivity contribution in [1.82, 2.24) is 0 Å². The van der Waals surface area contributed by atoms with Crippen LogP contribution in [0, 0.1) is 0 Å². The molecule has 1 aliphatic rings. The van der Waals surface area contributed by atoms with Crippen LogP contribution in [-0.4, -0.2) is 17.6 Å². The Balaban J connectivity index is 2.50. The lowest BCUT2D eigenvalue weighted by molar-refractivity contribution is -0.115. The van der Waals surface area contributed by atoms with E-state index in [1.165, 1.54) is 13.0 Å². The first-order chi connectivity index (χ1) is 9.00. The predicted molar refractivity (Wildman–Crippen MR) is 70.4 cm³/mol. The van der Waals surface area contributed by atoms with E-state index in [0.29, 0.717) is 5.69 Å². The lowest BCUT2D eigenvalue weighted by Crippen LogP contribution is -2.39. The highest BCUT2D eigenvalue weighted by atomic mass is 16.2. The van der Waals surface area contributed by atoms with Crippen LogP contribution in [-0.2, 0) is 9.59 Å². The molecule has 5 heteroatoms. The van der Waals surface area contributed by atoms with Crippen LogP contribution in [0.5, 0.6) is 0 Å². The zero-order valence-electron chi connectivity index (χ0n) is 10.3. The van der Waals surface area contributed by atoms with Crippen LogP contribution >= 0.6 is 0 Å². The number of hydrogen-bond donors (Lipinski definition) is 1. The Morgan fingerprint density at radius 3 is 2.32 bits per heavy atom. The molecule has 1 aliphatic carbocycles. The summed E-state index contributed by atoms with van der Waals surface area (Å²) in [5.74, 6) is -0.725. The number of allylic oxidation sites excluding steroid dienone is 3. The Hall–Kier alpha value is -2.69. The predicted octanol–water partition coefficient (Wildman–Crippen LogP) is 1.55. The molecule has 2 rings (SSSR count). The fraction of sp³-hybridized carbons (Fsp3) is 0.0714. The minimum Gasteiger partial charge on any atom is -0.351 e. The lowest BCUT2D eigenvalue weighted by atomic mass is 10.0. The summed E-state index contributed by atoms with van der Waals surface area (Å²) < 4.78 is 0. The van der Waals surface area contributed by atoms with Gasteiger partial charge in [0.2, 0.25) is 5.78 Å². The summed E-state index contributed by atoms with van der Waals surface area (Å²) in [4.78, 5) is 36.2. The number of urea groups is 1. The number of amides is 2. The Kier molecular flexibility index (Phi) is 3.29. The number of carbonyl (C=O) groups is 3. The number of Topliss-reactive ketones (excluding diaryl/α,β-unsaturated/α-hetero) is 1. The molecule has 0 aromatic heterocycles. The Labute approximate surface area is 110 Å². The number of ketones is 2. The van der Waals surface area contributed by atoms with Crippen LogP contribution in [0.25, 0.3) is 0 Å². The van der Waals surface area contributed by atoms with Gasteiger partial charge in [-0.25, -0.2) is 4.79 Å². The van der Waals surface area contributed by atoms with Crippen molar-refractivity contribution < 1.29 is 14.4 Å². The minimum absolute atomic E-state index is 0.0244. The quantitative estimate of drug-likeness (QED) is 0.815. The van der Waals surface area contributed by atoms with Gasteiger partial charge in [-0.3, -0.25) is 14.5 Å². The van der Waals surface area contributed by atoms with Crippen molar-refractivity contribution in [2.75, 3.05) is 4.90 Å². The maximum atomic E-state index is 12.1. The molecule has 0 aliphatic heterocycles. The largest absolute Gasteiger partial charge is 0.351 e. The molecule has 0 fully saturated rings. The molecule has 0 unspecified atom stereocenters. The molecule has 2 N–H and O–H groups in total. The summed E-state index contributed by atoms with van der Waals surface area (Å²) >= 11 is 0. The Morgan fingerprint density at radius 1 is 1.11 bits per heavy atom. The van der Waals surface area contributed by atoms with Crippen LogP contribution in [0.4, 0.5) is 10.5 Å². The number of rotatable bonds is 2. The average Bonchev–Trinajstić information content (AvgIpc) is 2.36. The van der Waals surface area contributed by atoms with Gasteiger partial charge < -0.3 is 5.73 Å². The van der Waals surface area contributed by atoms with Crippen molar-refractivity contribution in [1.29, 1.82) is 0 Å². The maximum absolute atomic E-state index is 12.1. The number of primary amides is 1. The number of para-hydroxylation sites is 1. The van der Waals surface area contributed by atoms with Gasteiger partial charge in [-0.05, 0) is 25.1 Å². The standard InChI is InChI=1S/C14H12N2O3/c1-9-7-11(17)8-12(13(9)18)16(14(15)19)10-5-3-2-4-6-10/h2-8H,1H3,(H2,15,19). The molecule has 0 atom stereocenters. The van der Waals surface area contributed by atoms with Gasteiger partial charge in [0.15, 0.2) is 5.78 Å². The molecule has 0 radical (unpaired) electrons. The third-order valence-corrected chi connectivity index (χ3v) is 2.70. The van der Waals surface area contributed by atoms with Gasteiger partial charge in [0.25, 0.3) is 0 Å². The highest BCUT2D eigenvalue weighted by molar-refractivity contribution is 6.24. The molecule has 0 heterocycles. The van der Waals surface area contributed by atoms with E-state index in [9.17, 15) is 14.4 Å². The fourth-order valence-electron chi connectivity index (χ4n) is 1.85. The normalized spacial score (nSPS) is 14.8. The van der Waals surface area contributed by atoms with Crippen LogP contribution in [0.1, 0.15) is 6.92 Å². The topological polar surface area (TPSA) is 80.5 Å². The van der Waals surface area contributed by atoms with Gasteiger partial charge in [0.05, 0.1) is 5.69 Å². The van der Waals surface area contributed by atoms with Crippen LogP contribution in [0.2, 0.25) is 0 Å². The van der Waals surface area contributed by atoms with E-state index in [4.69, 9.17) is 5.73 Å². The molecule has 0 saturated heterocycles. The first-order valence-corrected chi connectivity index (χ1v) is 5.64. The van der Waals surface area contributed by atoms with Gasteiger partial charge >= 0.3 is 6.03 Å². The van der Waals surface area contributed by atoms with Crippen molar-refractivity contribution in [3.05, 3.63) is 53.8 Å². The number of nitrogens with zero attached hydrogens (tertiary/aromatic N) is 1. The second-order valence-electron chi connectivity index (χ2n) is 4.10. The highest BCUT2D eigenvalue weighted by Crippen LogP contribution is 2.23. The maximum Gasteiger partial charge on any atom is 0.324 e. The first kappa shape index (κ1) is 12.8. The van der Waals surface area contributed by atoms with E-state index >= 15 is 0 Å². The molecule has 1 aromatic carbocycles. The second-order valence-corrected chi connectivity index (χ2v) is 4.10. The minimum atomic E-state index is -0.812. The summed E-state index contributed by atoms with van der Waals surface area (Å²) in [5.41, 5.74) is 6.02. The molecule has 0 bridgehead atoms. The summed E-state index contributed by atoms with van der Waals surface area (Å²) in [7, 11) is 0. The van der Waals surface area contributed by atoms with Crippen LogP contribution in [0.15, 0.2) is 53.8 Å². The van der Waals surface area contributed by atoms with Crippen molar-refractivity contribution >= 4 is 23.3 Å². The molecule has 19 heavy (non-hydrogen) atoms. The Bertz CT molecular complexity index is 615. The number of nitrogens with two attached hydrogens (primary N) is 1. The highest BCUT2D eigenvalue weighted by Gasteiger charge is 2.27. The van der Waals surface area contributed by atoms with Crippen molar-refractivity contribution in [3.63, 3.8) is 0 Å². The summed E-state index contributed by atoms with van der Waals surface area (Å²) in [6, 6.07) is 7.66. The summed E-state index contributed by atoms with van der Waals surface area (Å²) in [6.07, 6.45) is 2.35. The lowest BCUT2D eigenvalue weighted by Gasteiger charge is -2.24. The number of anilines is 1. The third kappa shape index (κ3) is 2.44. The van der Waals surface area contributed by atoms with E-state index in [-0.39, 0.29) is 22.8 Å². The third-order valence-electron chi connectivity index (χ3n) is 2.70. The molecular weight excluding hydrogens is 244 g/mol. The van der Waals surface area contributed by atoms with Crippen LogP contribution in [0.3, 0.4) is 0 Å². The molecule has 1 aromatic rings. The van der Waals surface area contributed by atoms with Crippen molar-refractivity contribution in [2.24, 2.45) is 5.73 Å². The SMILES string of the molecule is CC1=CC(=O)C=C(N(C(N)=O)c2ccccc2)C1=O. The van der Waals surface area contributed by atoms with Gasteiger partial charge in [0, 0.05) is 11.6 Å². The summed E-state index contributed by atoms with van der Waals surface area (Å²) in [6.45, 7) is 1.53. The molecule has 0 spiro atoms. The van der Waals surface area contributed by atoms with Gasteiger partial charge in [-0.15, -0.1) is 0 Å². The van der Waals surface area contributed by atoms with Gasteiger partial charge in [-0.2, -0.15) is 0 Å². The van der Waals surface area contributed by atoms with E-state index in [2.05, 4.69) is 0 Å². The van der Waals surface area contributed by atoms with Gasteiger partial charge in [0.1, 0.15) is 5.70 Å². The van der Waals surface area contributed by atoms with E-state index in [1.807, 2.05) is 0 Å². The molecule has 0 saturated carbocycles. The van der Waals surface area contributed by atoms with E-state index in [1.54, 1.807) is 30.3 Å². The fourth-order valence-corrected chi connectivity index (χ4v) is 1.85. The zero-order chi connectivity index (χ0) is 14.0. The zero-order valence-corrected chi connectivity index (χ0v) is 10.3. The number of hydrogen-bond acceptors (Lipinski definition) is 3. The average molecular weight is 256 g/mol. The van der Waals surface area contributed by atoms with Crippen molar-refractivity contribution in [3.8, 4) is 0 Å². The molecule has 96 valence electrons. The smallest absolute Gasteiger partial charge is 0.324 e. The van der Waals surface area contributed by atoms with Gasteiger partial charge in [-0.1, -0.05) is 18.2 Å². The Morgan fingerprint density at radius 2 is 1.74 bits per heavy atom. The first-order valence-electron chi connectivity index (χ1n) is 5.64.